The van der Waals surface area contributed by atoms with Crippen molar-refractivity contribution in [2.45, 2.75) is 80.1 Å². The fourth-order valence-corrected chi connectivity index (χ4v) is 6.51. The molecule has 0 fully saturated rings. The van der Waals surface area contributed by atoms with E-state index >= 15 is 0 Å². The monoisotopic (exact) mass is 678 g/mol. The van der Waals surface area contributed by atoms with E-state index in [1.54, 1.807) is 0 Å². The van der Waals surface area contributed by atoms with E-state index in [4.69, 9.17) is 29.4 Å². The van der Waals surface area contributed by atoms with Gasteiger partial charge in [-0.05, 0) is 75.7 Å². The van der Waals surface area contributed by atoms with Gasteiger partial charge in [0.1, 0.15) is 0 Å². The van der Waals surface area contributed by atoms with Crippen molar-refractivity contribution in [3.8, 4) is 0 Å². The number of aldehydes is 1. The van der Waals surface area contributed by atoms with Crippen LogP contribution < -0.4 is 9.97 Å². The molecular formula is C37H40N4NiO5. The molecule has 0 spiro atoms. The summed E-state index contributed by atoms with van der Waals surface area (Å²) in [5.74, 6) is -0.612. The first-order valence-electron chi connectivity index (χ1n) is 15.7. The maximum Gasteiger partial charge on any atom is 2.00 e. The Morgan fingerprint density at radius 1 is 0.723 bits per heavy atom. The molecule has 0 saturated carbocycles. The molecule has 0 aliphatic carbocycles. The van der Waals surface area contributed by atoms with Crippen LogP contribution in [0.5, 0.6) is 0 Å². The molecule has 0 atom stereocenters. The Hall–Kier alpha value is -4.30. The Labute approximate surface area is 285 Å². The molecule has 0 unspecified atom stereocenters. The molecular weight excluding hydrogens is 639 g/mol. The quantitative estimate of drug-likeness (QED) is 0.135. The van der Waals surface area contributed by atoms with Gasteiger partial charge in [-0.3, -0.25) is 14.4 Å². The number of carbonyl (C=O) groups excluding carboxylic acids is 3. The second kappa shape index (κ2) is 14.6. The van der Waals surface area contributed by atoms with Crippen LogP contribution in [0.2, 0.25) is 0 Å². The fraction of sp³-hybridized carbons (Fsp3) is 0.378. The molecule has 10 heteroatoms. The van der Waals surface area contributed by atoms with E-state index in [2.05, 4.69) is 13.8 Å². The van der Waals surface area contributed by atoms with Crippen LogP contribution in [0.15, 0.2) is 18.2 Å². The molecule has 0 amide bonds. The second-order valence-electron chi connectivity index (χ2n) is 11.7. The van der Waals surface area contributed by atoms with Gasteiger partial charge in [-0.2, -0.15) is 0 Å². The Kier molecular flexibility index (Phi) is 11.1. The third kappa shape index (κ3) is 6.61. The van der Waals surface area contributed by atoms with E-state index in [1.165, 1.54) is 14.2 Å². The number of aromatic nitrogens is 4. The van der Waals surface area contributed by atoms with Gasteiger partial charge in [0.15, 0.2) is 6.29 Å². The van der Waals surface area contributed by atoms with Gasteiger partial charge in [-0.15, -0.1) is 22.1 Å². The van der Waals surface area contributed by atoms with Gasteiger partial charge >= 0.3 is 28.4 Å². The van der Waals surface area contributed by atoms with Crippen LogP contribution in [-0.4, -0.2) is 42.4 Å². The van der Waals surface area contributed by atoms with E-state index in [0.29, 0.717) is 47.2 Å². The van der Waals surface area contributed by atoms with Crippen molar-refractivity contribution in [2.24, 2.45) is 0 Å². The molecule has 3 aromatic rings. The molecule has 248 valence electrons. The van der Waals surface area contributed by atoms with Gasteiger partial charge in [-0.25, -0.2) is 9.97 Å². The van der Waals surface area contributed by atoms with Crippen molar-refractivity contribution < 1.29 is 40.3 Å². The maximum atomic E-state index is 12.8. The minimum atomic E-state index is -0.306. The molecule has 5 rings (SSSR count). The van der Waals surface area contributed by atoms with Crippen LogP contribution in [0.25, 0.3) is 44.4 Å². The predicted octanol–water partition coefficient (Wildman–Crippen LogP) is 6.89. The van der Waals surface area contributed by atoms with E-state index in [-0.39, 0.29) is 41.3 Å². The van der Waals surface area contributed by atoms with Crippen LogP contribution >= 0.6 is 0 Å². The number of nitrogens with zero attached hydrogens (tertiary/aromatic N) is 4. The van der Waals surface area contributed by atoms with Gasteiger partial charge in [-0.1, -0.05) is 54.3 Å². The third-order valence-electron chi connectivity index (χ3n) is 9.25. The maximum absolute atomic E-state index is 12.8. The average Bonchev–Trinajstić information content (AvgIpc) is 3.72. The molecule has 5 heterocycles. The molecule has 0 saturated heterocycles. The molecule has 9 nitrogen and oxygen atoms in total. The summed E-state index contributed by atoms with van der Waals surface area (Å²) in [7, 11) is 2.76. The number of esters is 2. The Morgan fingerprint density at radius 3 is 1.91 bits per heavy atom. The van der Waals surface area contributed by atoms with Crippen molar-refractivity contribution >= 4 is 62.6 Å². The minimum absolute atomic E-state index is 0. The summed E-state index contributed by atoms with van der Waals surface area (Å²) >= 11 is 0. The molecule has 47 heavy (non-hydrogen) atoms. The molecule has 0 radical (unpaired) electrons. The molecule has 2 aliphatic rings. The van der Waals surface area contributed by atoms with Gasteiger partial charge < -0.3 is 19.4 Å². The number of methoxy groups -OCH3 is 2. The third-order valence-corrected chi connectivity index (χ3v) is 9.25. The molecule has 3 aromatic heterocycles. The molecule has 8 bridgehead atoms. The predicted molar refractivity (Wildman–Crippen MR) is 180 cm³/mol. The van der Waals surface area contributed by atoms with Gasteiger partial charge in [0, 0.05) is 18.4 Å². The number of aryl methyl sites for hydroxylation is 4. The molecule has 0 aromatic carbocycles. The number of allylic oxidation sites excluding steroid dienone is 4. The van der Waals surface area contributed by atoms with Crippen LogP contribution in [0.1, 0.15) is 109 Å². The van der Waals surface area contributed by atoms with Crippen molar-refractivity contribution in [3.05, 3.63) is 68.8 Å². The number of hydrogen-bond donors (Lipinski definition) is 0. The molecule has 2 aliphatic heterocycles. The Bertz CT molecular complexity index is 2000. The first kappa shape index (κ1) is 35.6. The van der Waals surface area contributed by atoms with Crippen LogP contribution in [-0.2, 0) is 48.4 Å². The van der Waals surface area contributed by atoms with E-state index in [0.717, 1.165) is 79.7 Å². The number of carbonyl (C=O) groups is 3. The van der Waals surface area contributed by atoms with Crippen LogP contribution in [0.3, 0.4) is 0 Å². The van der Waals surface area contributed by atoms with E-state index < -0.39 is 0 Å². The summed E-state index contributed by atoms with van der Waals surface area (Å²) in [6.45, 7) is 12.2. The normalized spacial score (nSPS) is 12.7. The van der Waals surface area contributed by atoms with Crippen LogP contribution in [0, 0.1) is 13.8 Å². The van der Waals surface area contributed by atoms with Crippen LogP contribution in [0.4, 0.5) is 0 Å². The minimum Gasteiger partial charge on any atom is -0.657 e. The summed E-state index contributed by atoms with van der Waals surface area (Å²) < 4.78 is 9.88. The van der Waals surface area contributed by atoms with Crippen molar-refractivity contribution in [1.29, 1.82) is 0 Å². The zero-order valence-corrected chi connectivity index (χ0v) is 29.2. The fourth-order valence-electron chi connectivity index (χ4n) is 6.51. The van der Waals surface area contributed by atoms with E-state index in [1.807, 2.05) is 45.9 Å². The van der Waals surface area contributed by atoms with Crippen molar-refractivity contribution in [1.82, 2.24) is 19.9 Å². The van der Waals surface area contributed by atoms with E-state index in [9.17, 15) is 14.4 Å². The SMILES string of the molecule is CCC1=C(C)c2nc1cc1[n-]c(cc3nc(cc4[n-]c(c2C=O)c(CC)c4C)C(C)=C3CCC(=O)OC)c(CCC(=O)OC)c1C.[Ni+2]. The summed E-state index contributed by atoms with van der Waals surface area (Å²) in [6, 6.07) is 5.87. The number of ether oxygens (including phenoxy) is 2. The zero-order chi connectivity index (χ0) is 33.3. The summed E-state index contributed by atoms with van der Waals surface area (Å²) in [4.78, 5) is 57.3. The second-order valence-corrected chi connectivity index (χ2v) is 11.7. The van der Waals surface area contributed by atoms with Gasteiger partial charge in [0.05, 0.1) is 37.0 Å². The first-order chi connectivity index (χ1) is 22.1. The Morgan fingerprint density at radius 2 is 1.30 bits per heavy atom. The largest absolute Gasteiger partial charge is 2.00 e. The smallest absolute Gasteiger partial charge is 0.657 e. The Balaban J connectivity index is 0.00000500. The van der Waals surface area contributed by atoms with Crippen molar-refractivity contribution in [3.63, 3.8) is 0 Å². The average molecular weight is 679 g/mol. The molecule has 0 N–H and O–H groups in total. The number of fused-ring (bicyclic) bond motifs is 8. The number of hydrogen-bond acceptors (Lipinski definition) is 7. The first-order valence-corrected chi connectivity index (χ1v) is 15.7. The summed E-state index contributed by atoms with van der Waals surface area (Å²) in [6.07, 6.45) is 3.55. The summed E-state index contributed by atoms with van der Waals surface area (Å²) in [5.41, 5.74) is 13.7. The zero-order valence-electron chi connectivity index (χ0n) is 28.2. The number of rotatable bonds is 9. The standard InChI is InChI=1S/C37H41N4O5.Ni/c1-9-23-22(6)36-27(18-42)37-24(10-2)19(3)30(40-37)15-28-20(4)25(11-13-34(43)45-7)32(38-28)17-33-26(12-14-35(44)46-8)21(5)29(39-33)16-31(23)41-36;/h15-18H,9-14H2,1-8H3,(H-,38,39,40,41,42);/q-1;+2/p-1. The van der Waals surface area contributed by atoms with Gasteiger partial charge in [0.2, 0.25) is 0 Å². The van der Waals surface area contributed by atoms with Crippen molar-refractivity contribution in [2.75, 3.05) is 14.2 Å². The topological polar surface area (TPSA) is 124 Å². The summed E-state index contributed by atoms with van der Waals surface area (Å²) in [5, 5.41) is 0. The van der Waals surface area contributed by atoms with Gasteiger partial charge in [0.25, 0.3) is 0 Å².